The van der Waals surface area contributed by atoms with Gasteiger partial charge >= 0.3 is 0 Å². The van der Waals surface area contributed by atoms with Crippen molar-refractivity contribution in [2.45, 2.75) is 6.54 Å². The molecule has 1 aromatic carbocycles. The average molecular weight is 242 g/mol. The van der Waals surface area contributed by atoms with Crippen LogP contribution in [0, 0.1) is 0 Å². The first-order chi connectivity index (χ1) is 8.84. The lowest BCUT2D eigenvalue weighted by Crippen LogP contribution is -2.13. The van der Waals surface area contributed by atoms with Gasteiger partial charge in [0.1, 0.15) is 0 Å². The van der Waals surface area contributed by atoms with Crippen molar-refractivity contribution >= 4 is 17.0 Å². The van der Waals surface area contributed by atoms with E-state index in [1.54, 1.807) is 10.9 Å². The third-order valence-corrected chi connectivity index (χ3v) is 2.88. The minimum atomic E-state index is 0.764. The minimum Gasteiger partial charge on any atom is -0.354 e. The lowest BCUT2D eigenvalue weighted by Gasteiger charge is -2.05. The number of rotatable bonds is 4. The van der Waals surface area contributed by atoms with E-state index in [-0.39, 0.29) is 0 Å². The van der Waals surface area contributed by atoms with E-state index in [0.29, 0.717) is 0 Å². The van der Waals surface area contributed by atoms with Crippen molar-refractivity contribution in [1.29, 1.82) is 0 Å². The van der Waals surface area contributed by atoms with Crippen LogP contribution < -0.4 is 5.32 Å². The predicted molar refractivity (Wildman–Crippen MR) is 69.2 cm³/mol. The molecule has 0 atom stereocenters. The van der Waals surface area contributed by atoms with Crippen molar-refractivity contribution in [3.63, 3.8) is 0 Å². The van der Waals surface area contributed by atoms with Gasteiger partial charge in [-0.3, -0.25) is 4.68 Å². The fraction of sp³-hybridized carbons (Fsp3) is 0.250. The van der Waals surface area contributed by atoms with Crippen LogP contribution in [0.5, 0.6) is 0 Å². The van der Waals surface area contributed by atoms with E-state index in [0.717, 1.165) is 30.1 Å². The second-order valence-electron chi connectivity index (χ2n) is 4.08. The Hall–Kier alpha value is -2.37. The number of fused-ring (bicyclic) bond motifs is 1. The Morgan fingerprint density at radius 2 is 2.17 bits per heavy atom. The van der Waals surface area contributed by atoms with Crippen molar-refractivity contribution in [3.8, 4) is 0 Å². The number of hydrogen-bond donors (Lipinski definition) is 1. The number of hydrogen-bond acceptors (Lipinski definition) is 4. The summed E-state index contributed by atoms with van der Waals surface area (Å²) in [4.78, 5) is 4.54. The fourth-order valence-electron chi connectivity index (χ4n) is 1.94. The zero-order chi connectivity index (χ0) is 12.4. The molecule has 1 N–H and O–H groups in total. The molecule has 6 nitrogen and oxygen atoms in total. The van der Waals surface area contributed by atoms with E-state index < -0.39 is 0 Å². The first-order valence-electron chi connectivity index (χ1n) is 5.84. The summed E-state index contributed by atoms with van der Waals surface area (Å²) in [5.41, 5.74) is 2.13. The van der Waals surface area contributed by atoms with E-state index in [1.165, 1.54) is 0 Å². The topological polar surface area (TPSA) is 60.6 Å². The van der Waals surface area contributed by atoms with Gasteiger partial charge in [0.05, 0.1) is 23.8 Å². The Morgan fingerprint density at radius 3 is 2.94 bits per heavy atom. The standard InChI is InChI=1S/C12H14N6/c1-17-11-5-3-2-4-10(11)15-12(17)13-6-8-18-9-7-14-16-18/h2-5,7,9H,6,8H2,1H3,(H,13,15). The molecule has 0 aliphatic heterocycles. The number of imidazole rings is 1. The number of para-hydroxylation sites is 2. The van der Waals surface area contributed by atoms with Gasteiger partial charge < -0.3 is 9.88 Å². The van der Waals surface area contributed by atoms with Crippen LogP contribution in [0.25, 0.3) is 11.0 Å². The van der Waals surface area contributed by atoms with Crippen LogP contribution in [-0.4, -0.2) is 31.1 Å². The highest BCUT2D eigenvalue weighted by Crippen LogP contribution is 2.17. The SMILES string of the molecule is Cn1c(NCCn2ccnn2)nc2ccccc21. The maximum absolute atomic E-state index is 4.54. The molecule has 0 bridgehead atoms. The molecule has 0 unspecified atom stereocenters. The summed E-state index contributed by atoms with van der Waals surface area (Å²) in [5, 5.41) is 11.0. The van der Waals surface area contributed by atoms with Crippen LogP contribution in [0.1, 0.15) is 0 Å². The highest BCUT2D eigenvalue weighted by Gasteiger charge is 2.05. The maximum Gasteiger partial charge on any atom is 0.203 e. The van der Waals surface area contributed by atoms with E-state index in [9.17, 15) is 0 Å². The highest BCUT2D eigenvalue weighted by molar-refractivity contribution is 5.78. The summed E-state index contributed by atoms with van der Waals surface area (Å²) in [6.45, 7) is 1.53. The predicted octanol–water partition coefficient (Wildman–Crippen LogP) is 1.28. The molecule has 3 aromatic rings. The third kappa shape index (κ3) is 1.92. The number of nitrogens with zero attached hydrogens (tertiary/aromatic N) is 5. The monoisotopic (exact) mass is 242 g/mol. The second-order valence-corrected chi connectivity index (χ2v) is 4.08. The molecule has 6 heteroatoms. The van der Waals surface area contributed by atoms with Crippen LogP contribution >= 0.6 is 0 Å². The molecule has 0 saturated carbocycles. The molecule has 92 valence electrons. The molecular formula is C12H14N6. The van der Waals surface area contributed by atoms with E-state index in [2.05, 4.69) is 31.2 Å². The molecule has 0 amide bonds. The van der Waals surface area contributed by atoms with Crippen LogP contribution in [0.15, 0.2) is 36.7 Å². The molecule has 0 spiro atoms. The number of aryl methyl sites for hydroxylation is 1. The smallest absolute Gasteiger partial charge is 0.203 e. The molecule has 0 radical (unpaired) electrons. The Morgan fingerprint density at radius 1 is 1.28 bits per heavy atom. The summed E-state index contributed by atoms with van der Waals surface area (Å²) >= 11 is 0. The average Bonchev–Trinajstić information content (AvgIpc) is 3.00. The molecule has 3 rings (SSSR count). The second kappa shape index (κ2) is 4.48. The summed E-state index contributed by atoms with van der Waals surface area (Å²) < 4.78 is 3.84. The lowest BCUT2D eigenvalue weighted by atomic mass is 10.3. The Labute approximate surface area is 104 Å². The van der Waals surface area contributed by atoms with Gasteiger partial charge in [0.15, 0.2) is 0 Å². The third-order valence-electron chi connectivity index (χ3n) is 2.88. The highest BCUT2D eigenvalue weighted by atomic mass is 15.4. The Kier molecular flexibility index (Phi) is 2.68. The zero-order valence-electron chi connectivity index (χ0n) is 10.1. The van der Waals surface area contributed by atoms with Crippen molar-refractivity contribution in [2.75, 3.05) is 11.9 Å². The Bertz CT molecular complexity index is 640. The van der Waals surface area contributed by atoms with Gasteiger partial charge in [0, 0.05) is 19.8 Å². The molecule has 2 aromatic heterocycles. The number of aromatic nitrogens is 5. The van der Waals surface area contributed by atoms with Gasteiger partial charge in [-0.2, -0.15) is 0 Å². The van der Waals surface area contributed by atoms with Crippen LogP contribution in [0.3, 0.4) is 0 Å². The molecule has 0 aliphatic carbocycles. The number of anilines is 1. The number of benzene rings is 1. The van der Waals surface area contributed by atoms with Gasteiger partial charge in [-0.1, -0.05) is 17.3 Å². The summed E-state index contributed by atoms with van der Waals surface area (Å²) in [7, 11) is 2.01. The van der Waals surface area contributed by atoms with Crippen LogP contribution in [0.4, 0.5) is 5.95 Å². The van der Waals surface area contributed by atoms with E-state index >= 15 is 0 Å². The van der Waals surface area contributed by atoms with E-state index in [1.807, 2.05) is 31.4 Å². The number of nitrogens with one attached hydrogen (secondary N) is 1. The van der Waals surface area contributed by atoms with Crippen LogP contribution in [0.2, 0.25) is 0 Å². The largest absolute Gasteiger partial charge is 0.354 e. The normalized spacial score (nSPS) is 10.9. The quantitative estimate of drug-likeness (QED) is 0.748. The minimum absolute atomic E-state index is 0.764. The van der Waals surface area contributed by atoms with Crippen LogP contribution in [-0.2, 0) is 13.6 Å². The van der Waals surface area contributed by atoms with Gasteiger partial charge in [0.2, 0.25) is 5.95 Å². The summed E-state index contributed by atoms with van der Waals surface area (Å²) in [6, 6.07) is 8.08. The first-order valence-corrected chi connectivity index (χ1v) is 5.84. The van der Waals surface area contributed by atoms with Crippen molar-refractivity contribution in [2.24, 2.45) is 7.05 Å². The maximum atomic E-state index is 4.54. The molecule has 18 heavy (non-hydrogen) atoms. The van der Waals surface area contributed by atoms with Crippen molar-refractivity contribution < 1.29 is 0 Å². The molecule has 0 aliphatic rings. The van der Waals surface area contributed by atoms with Crippen molar-refractivity contribution in [1.82, 2.24) is 24.5 Å². The fourth-order valence-corrected chi connectivity index (χ4v) is 1.94. The zero-order valence-corrected chi connectivity index (χ0v) is 10.1. The van der Waals surface area contributed by atoms with E-state index in [4.69, 9.17) is 0 Å². The Balaban J connectivity index is 1.73. The van der Waals surface area contributed by atoms with Crippen molar-refractivity contribution in [3.05, 3.63) is 36.7 Å². The molecule has 0 fully saturated rings. The molecule has 2 heterocycles. The van der Waals surface area contributed by atoms with Gasteiger partial charge in [-0.25, -0.2) is 4.98 Å². The summed E-state index contributed by atoms with van der Waals surface area (Å²) in [5.74, 6) is 0.872. The first kappa shape index (κ1) is 10.8. The molecule has 0 saturated heterocycles. The molecular weight excluding hydrogens is 228 g/mol. The van der Waals surface area contributed by atoms with Gasteiger partial charge in [0.25, 0.3) is 0 Å². The summed E-state index contributed by atoms with van der Waals surface area (Å²) in [6.07, 6.45) is 3.52. The lowest BCUT2D eigenvalue weighted by molar-refractivity contribution is 0.606. The van der Waals surface area contributed by atoms with Gasteiger partial charge in [-0.05, 0) is 12.1 Å². The van der Waals surface area contributed by atoms with Gasteiger partial charge in [-0.15, -0.1) is 5.10 Å².